The van der Waals surface area contributed by atoms with Gasteiger partial charge in [0.15, 0.2) is 0 Å². The zero-order valence-corrected chi connectivity index (χ0v) is 11.4. The highest BCUT2D eigenvalue weighted by Gasteiger charge is 2.25. The van der Waals surface area contributed by atoms with Gasteiger partial charge in [0.2, 0.25) is 5.91 Å². The van der Waals surface area contributed by atoms with Crippen LogP contribution in [0.15, 0.2) is 18.2 Å². The van der Waals surface area contributed by atoms with Crippen LogP contribution < -0.4 is 4.90 Å². The van der Waals surface area contributed by atoms with Crippen molar-refractivity contribution in [1.29, 1.82) is 0 Å². The number of hydrogen-bond donors (Lipinski definition) is 1. The zero-order valence-electron chi connectivity index (χ0n) is 11.4. The molecule has 0 atom stereocenters. The summed E-state index contributed by atoms with van der Waals surface area (Å²) in [5.74, 6) is -0.886. The molecule has 19 heavy (non-hydrogen) atoms. The van der Waals surface area contributed by atoms with Crippen molar-refractivity contribution < 1.29 is 14.7 Å². The Balaban J connectivity index is 2.46. The third-order valence-electron chi connectivity index (χ3n) is 3.39. The molecule has 0 radical (unpaired) electrons. The zero-order chi connectivity index (χ0) is 14.2. The lowest BCUT2D eigenvalue weighted by atomic mass is 10.1. The van der Waals surface area contributed by atoms with Gasteiger partial charge in [0.1, 0.15) is 0 Å². The molecule has 0 fully saturated rings. The second kappa shape index (κ2) is 4.91. The number of benzene rings is 1. The Kier molecular flexibility index (Phi) is 3.46. The second-order valence-electron chi connectivity index (χ2n) is 5.12. The number of hydrogen-bond acceptors (Lipinski definition) is 3. The predicted octanol–water partition coefficient (Wildman–Crippen LogP) is 1.57. The number of carboxylic acids is 1. The molecule has 1 aliphatic heterocycles. The summed E-state index contributed by atoms with van der Waals surface area (Å²) in [7, 11) is 1.85. The van der Waals surface area contributed by atoms with Gasteiger partial charge in [0, 0.05) is 25.3 Å². The standard InChI is InChI=1S/C14H18N2O3/c1-9(2)16-7-11-6-10(14(18)19)4-5-12(11)15(3)8-13(16)17/h4-6,9H,7-8H2,1-3H3,(H,18,19). The van der Waals surface area contributed by atoms with E-state index in [2.05, 4.69) is 0 Å². The first-order valence-electron chi connectivity index (χ1n) is 6.27. The van der Waals surface area contributed by atoms with Crippen LogP contribution in [0.4, 0.5) is 5.69 Å². The molecular formula is C14H18N2O3. The fraction of sp³-hybridized carbons (Fsp3) is 0.429. The Labute approximate surface area is 112 Å². The van der Waals surface area contributed by atoms with E-state index in [-0.39, 0.29) is 17.5 Å². The molecule has 5 heteroatoms. The van der Waals surface area contributed by atoms with Crippen molar-refractivity contribution in [3.63, 3.8) is 0 Å². The van der Waals surface area contributed by atoms with Crippen LogP contribution in [0.25, 0.3) is 0 Å². The second-order valence-corrected chi connectivity index (χ2v) is 5.12. The van der Waals surface area contributed by atoms with Gasteiger partial charge in [0.25, 0.3) is 0 Å². The Morgan fingerprint density at radius 2 is 2.00 bits per heavy atom. The number of nitrogens with zero attached hydrogens (tertiary/aromatic N) is 2. The number of amides is 1. The number of carbonyl (C=O) groups excluding carboxylic acids is 1. The Morgan fingerprint density at radius 1 is 1.32 bits per heavy atom. The highest BCUT2D eigenvalue weighted by Crippen LogP contribution is 2.26. The summed E-state index contributed by atoms with van der Waals surface area (Å²) in [6, 6.07) is 5.10. The largest absolute Gasteiger partial charge is 0.478 e. The number of fused-ring (bicyclic) bond motifs is 1. The molecule has 0 spiro atoms. The fourth-order valence-electron chi connectivity index (χ4n) is 2.34. The van der Waals surface area contributed by atoms with Gasteiger partial charge in [-0.05, 0) is 37.6 Å². The highest BCUT2D eigenvalue weighted by molar-refractivity contribution is 5.89. The monoisotopic (exact) mass is 262 g/mol. The van der Waals surface area contributed by atoms with Gasteiger partial charge < -0.3 is 14.9 Å². The number of rotatable bonds is 2. The number of anilines is 1. The topological polar surface area (TPSA) is 60.9 Å². The summed E-state index contributed by atoms with van der Waals surface area (Å²) >= 11 is 0. The summed E-state index contributed by atoms with van der Waals surface area (Å²) in [4.78, 5) is 26.8. The summed E-state index contributed by atoms with van der Waals surface area (Å²) in [5.41, 5.74) is 2.05. The average Bonchev–Trinajstić information content (AvgIpc) is 2.46. The molecule has 1 heterocycles. The molecule has 0 unspecified atom stereocenters. The normalized spacial score (nSPS) is 15.5. The van der Waals surface area contributed by atoms with Gasteiger partial charge >= 0.3 is 5.97 Å². The molecular weight excluding hydrogens is 244 g/mol. The first-order valence-corrected chi connectivity index (χ1v) is 6.27. The van der Waals surface area contributed by atoms with Crippen LogP contribution in [-0.4, -0.2) is 41.5 Å². The van der Waals surface area contributed by atoms with Crippen molar-refractivity contribution in [2.24, 2.45) is 0 Å². The van der Waals surface area contributed by atoms with Crippen molar-refractivity contribution in [2.75, 3.05) is 18.5 Å². The van der Waals surface area contributed by atoms with Crippen LogP contribution >= 0.6 is 0 Å². The SMILES string of the molecule is CC(C)N1Cc2cc(C(=O)O)ccc2N(C)CC1=O. The molecule has 1 aliphatic rings. The molecule has 1 N–H and O–H groups in total. The quantitative estimate of drug-likeness (QED) is 0.879. The van der Waals surface area contributed by atoms with Gasteiger partial charge in [-0.15, -0.1) is 0 Å². The first-order chi connectivity index (χ1) is 8.90. The molecule has 0 aliphatic carbocycles. The number of aromatic carboxylic acids is 1. The van der Waals surface area contributed by atoms with Gasteiger partial charge in [-0.1, -0.05) is 0 Å². The number of likely N-dealkylation sites (N-methyl/N-ethyl adjacent to an activating group) is 1. The van der Waals surface area contributed by atoms with Gasteiger partial charge in [0.05, 0.1) is 12.1 Å². The smallest absolute Gasteiger partial charge is 0.335 e. The lowest BCUT2D eigenvalue weighted by Gasteiger charge is -2.25. The van der Waals surface area contributed by atoms with Crippen molar-refractivity contribution in [1.82, 2.24) is 4.90 Å². The fourth-order valence-corrected chi connectivity index (χ4v) is 2.34. The third kappa shape index (κ3) is 2.54. The molecule has 0 bridgehead atoms. The van der Waals surface area contributed by atoms with Gasteiger partial charge in [-0.2, -0.15) is 0 Å². The Bertz CT molecular complexity index is 525. The Hall–Kier alpha value is -2.04. The van der Waals surface area contributed by atoms with E-state index in [0.29, 0.717) is 13.1 Å². The highest BCUT2D eigenvalue weighted by atomic mass is 16.4. The molecule has 102 valence electrons. The van der Waals surface area contributed by atoms with E-state index < -0.39 is 5.97 Å². The minimum Gasteiger partial charge on any atom is -0.478 e. The van der Waals surface area contributed by atoms with Crippen LogP contribution in [0.1, 0.15) is 29.8 Å². The van der Waals surface area contributed by atoms with Crippen molar-refractivity contribution in [2.45, 2.75) is 26.4 Å². The number of carboxylic acid groups (broad SMARTS) is 1. The van der Waals surface area contributed by atoms with Crippen LogP contribution in [0.2, 0.25) is 0 Å². The molecule has 5 nitrogen and oxygen atoms in total. The molecule has 0 aromatic heterocycles. The average molecular weight is 262 g/mol. The minimum absolute atomic E-state index is 0.0607. The van der Waals surface area contributed by atoms with Crippen molar-refractivity contribution >= 4 is 17.6 Å². The molecule has 0 saturated carbocycles. The maximum absolute atomic E-state index is 12.1. The summed E-state index contributed by atoms with van der Waals surface area (Å²) in [6.45, 7) is 4.70. The summed E-state index contributed by atoms with van der Waals surface area (Å²) in [6.07, 6.45) is 0. The lowest BCUT2D eigenvalue weighted by Crippen LogP contribution is -2.39. The van der Waals surface area contributed by atoms with Crippen LogP contribution in [0, 0.1) is 0 Å². The molecule has 0 saturated heterocycles. The summed E-state index contributed by atoms with van der Waals surface area (Å²) < 4.78 is 0. The van der Waals surface area contributed by atoms with Gasteiger partial charge in [-0.25, -0.2) is 4.79 Å². The maximum Gasteiger partial charge on any atom is 0.335 e. The van der Waals surface area contributed by atoms with E-state index >= 15 is 0 Å². The van der Waals surface area contributed by atoms with Gasteiger partial charge in [-0.3, -0.25) is 4.79 Å². The predicted molar refractivity (Wildman–Crippen MR) is 72.4 cm³/mol. The Morgan fingerprint density at radius 3 is 2.58 bits per heavy atom. The van der Waals surface area contributed by atoms with E-state index in [1.54, 1.807) is 23.1 Å². The molecule has 2 rings (SSSR count). The molecule has 1 amide bonds. The van der Waals surface area contributed by atoms with Crippen LogP contribution in [0.3, 0.4) is 0 Å². The van der Waals surface area contributed by atoms with Crippen molar-refractivity contribution in [3.8, 4) is 0 Å². The molecule has 1 aromatic rings. The lowest BCUT2D eigenvalue weighted by molar-refractivity contribution is -0.131. The minimum atomic E-state index is -0.947. The first kappa shape index (κ1) is 13.4. The van der Waals surface area contributed by atoms with E-state index in [0.717, 1.165) is 11.3 Å². The van der Waals surface area contributed by atoms with E-state index in [1.165, 1.54) is 0 Å². The van der Waals surface area contributed by atoms with Crippen molar-refractivity contribution in [3.05, 3.63) is 29.3 Å². The van der Waals surface area contributed by atoms with Crippen LogP contribution in [-0.2, 0) is 11.3 Å². The third-order valence-corrected chi connectivity index (χ3v) is 3.39. The maximum atomic E-state index is 12.1. The van der Waals surface area contributed by atoms with E-state index in [9.17, 15) is 9.59 Å². The van der Waals surface area contributed by atoms with E-state index in [1.807, 2.05) is 25.8 Å². The van der Waals surface area contributed by atoms with E-state index in [4.69, 9.17) is 5.11 Å². The number of carbonyl (C=O) groups is 2. The van der Waals surface area contributed by atoms with Crippen LogP contribution in [0.5, 0.6) is 0 Å². The molecule has 1 aromatic carbocycles. The summed E-state index contributed by atoms with van der Waals surface area (Å²) in [5, 5.41) is 9.06.